The second-order valence-corrected chi connectivity index (χ2v) is 9.23. The number of rotatable bonds is 9. The third-order valence-electron chi connectivity index (χ3n) is 4.45. The summed E-state index contributed by atoms with van der Waals surface area (Å²) in [6.07, 6.45) is 0.196. The minimum atomic E-state index is -5.01. The average molecular weight is 488 g/mol. The number of nitrogens with one attached hydrogen (secondary N) is 2. The summed E-state index contributed by atoms with van der Waals surface area (Å²) in [4.78, 5) is 21.0. The van der Waals surface area contributed by atoms with Crippen LogP contribution in [0.15, 0.2) is 35.9 Å². The van der Waals surface area contributed by atoms with Crippen LogP contribution in [0.3, 0.4) is 0 Å². The van der Waals surface area contributed by atoms with Crippen LogP contribution in [0.2, 0.25) is 0 Å². The molecule has 0 radical (unpaired) electrons. The number of anilines is 1. The summed E-state index contributed by atoms with van der Waals surface area (Å²) in [5.74, 6) is -1.75. The highest BCUT2D eigenvalue weighted by atomic mass is 32.2. The van der Waals surface area contributed by atoms with Crippen LogP contribution in [0.5, 0.6) is 5.75 Å². The molecule has 2 aromatic rings. The van der Waals surface area contributed by atoms with E-state index in [2.05, 4.69) is 25.3 Å². The molecule has 1 aromatic carbocycles. The van der Waals surface area contributed by atoms with Crippen LogP contribution in [0.1, 0.15) is 40.5 Å². The second-order valence-electron chi connectivity index (χ2n) is 7.29. The number of amides is 1. The SMILES string of the molecule is CS(=O)(=O)/C=C/CNC(=O)c1cnc(C2CC2)nc1NCc1c(F)cccc1OC(F)(F)F. The van der Waals surface area contributed by atoms with Crippen LogP contribution in [0, 0.1) is 5.82 Å². The number of aromatic nitrogens is 2. The Morgan fingerprint density at radius 1 is 1.30 bits per heavy atom. The number of carbonyl (C=O) groups excluding carboxylic acids is 1. The Morgan fingerprint density at radius 2 is 2.03 bits per heavy atom. The summed E-state index contributed by atoms with van der Waals surface area (Å²) in [5.41, 5.74) is -0.439. The van der Waals surface area contributed by atoms with Gasteiger partial charge in [-0.2, -0.15) is 0 Å². The minimum absolute atomic E-state index is 0.00213. The molecule has 1 amide bonds. The Bertz CT molecular complexity index is 1170. The lowest BCUT2D eigenvalue weighted by Crippen LogP contribution is -2.25. The molecule has 1 aliphatic rings. The van der Waals surface area contributed by atoms with Gasteiger partial charge in [0, 0.05) is 42.4 Å². The van der Waals surface area contributed by atoms with E-state index < -0.39 is 45.8 Å². The number of nitrogens with zero attached hydrogens (tertiary/aromatic N) is 2. The van der Waals surface area contributed by atoms with E-state index in [0.717, 1.165) is 42.7 Å². The van der Waals surface area contributed by atoms with Crippen molar-refractivity contribution in [1.82, 2.24) is 15.3 Å². The lowest BCUT2D eigenvalue weighted by atomic mass is 10.1. The van der Waals surface area contributed by atoms with Crippen molar-refractivity contribution < 1.29 is 35.5 Å². The molecular weight excluding hydrogens is 468 g/mol. The maximum atomic E-state index is 14.3. The standard InChI is InChI=1S/C20H20F4N4O4S/c1-33(30,31)9-3-8-25-19(29)14-11-26-17(12-6-7-12)28-18(14)27-10-13-15(21)4-2-5-16(13)32-20(22,23)24/h2-5,9,11-12H,6-8,10H2,1H3,(H,25,29)(H,26,27,28)/b9-3+. The van der Waals surface area contributed by atoms with Crippen LogP contribution in [-0.2, 0) is 16.4 Å². The lowest BCUT2D eigenvalue weighted by Gasteiger charge is -2.16. The van der Waals surface area contributed by atoms with Gasteiger partial charge < -0.3 is 15.4 Å². The van der Waals surface area contributed by atoms with Crippen molar-refractivity contribution >= 4 is 21.6 Å². The smallest absolute Gasteiger partial charge is 0.405 e. The Morgan fingerprint density at radius 3 is 2.67 bits per heavy atom. The van der Waals surface area contributed by atoms with E-state index in [1.807, 2.05) is 0 Å². The van der Waals surface area contributed by atoms with Crippen molar-refractivity contribution in [3.05, 3.63) is 58.6 Å². The van der Waals surface area contributed by atoms with Gasteiger partial charge in [-0.15, -0.1) is 13.2 Å². The highest BCUT2D eigenvalue weighted by Gasteiger charge is 2.33. The van der Waals surface area contributed by atoms with E-state index in [4.69, 9.17) is 0 Å². The predicted molar refractivity (Wildman–Crippen MR) is 111 cm³/mol. The van der Waals surface area contributed by atoms with E-state index in [-0.39, 0.29) is 23.8 Å². The Labute approximate surface area is 187 Å². The first kappa shape index (κ1) is 24.4. The Balaban J connectivity index is 1.81. The molecule has 0 aliphatic heterocycles. The molecule has 178 valence electrons. The zero-order valence-electron chi connectivity index (χ0n) is 17.3. The zero-order valence-corrected chi connectivity index (χ0v) is 18.1. The molecule has 3 rings (SSSR count). The van der Waals surface area contributed by atoms with E-state index in [1.54, 1.807) is 0 Å². The molecule has 0 bridgehead atoms. The number of halogens is 4. The molecule has 0 unspecified atom stereocenters. The van der Waals surface area contributed by atoms with Gasteiger partial charge >= 0.3 is 6.36 Å². The molecule has 0 atom stereocenters. The van der Waals surface area contributed by atoms with E-state index in [0.29, 0.717) is 5.82 Å². The summed E-state index contributed by atoms with van der Waals surface area (Å²) < 4.78 is 78.4. The van der Waals surface area contributed by atoms with Crippen LogP contribution in [0.25, 0.3) is 0 Å². The zero-order chi connectivity index (χ0) is 24.2. The third kappa shape index (κ3) is 7.41. The van der Waals surface area contributed by atoms with Crippen molar-refractivity contribution in [2.24, 2.45) is 0 Å². The lowest BCUT2D eigenvalue weighted by molar-refractivity contribution is -0.275. The predicted octanol–water partition coefficient (Wildman–Crippen LogP) is 3.29. The van der Waals surface area contributed by atoms with Gasteiger partial charge in [-0.25, -0.2) is 22.8 Å². The summed E-state index contributed by atoms with van der Waals surface area (Å²) in [6.45, 7) is -0.555. The van der Waals surface area contributed by atoms with E-state index >= 15 is 0 Å². The number of hydrogen-bond donors (Lipinski definition) is 2. The number of carbonyl (C=O) groups is 1. The van der Waals surface area contributed by atoms with Crippen molar-refractivity contribution in [3.8, 4) is 5.75 Å². The normalized spacial score (nSPS) is 14.3. The molecular formula is C20H20F4N4O4S. The summed E-state index contributed by atoms with van der Waals surface area (Å²) >= 11 is 0. The molecule has 1 heterocycles. The van der Waals surface area contributed by atoms with Gasteiger partial charge in [0.05, 0.1) is 0 Å². The van der Waals surface area contributed by atoms with Crippen LogP contribution in [0.4, 0.5) is 23.4 Å². The first-order valence-corrected chi connectivity index (χ1v) is 11.7. The van der Waals surface area contributed by atoms with E-state index in [1.165, 1.54) is 12.3 Å². The first-order chi connectivity index (χ1) is 15.4. The molecule has 0 spiro atoms. The van der Waals surface area contributed by atoms with Crippen LogP contribution in [-0.4, -0.2) is 43.5 Å². The second kappa shape index (κ2) is 9.73. The fourth-order valence-corrected chi connectivity index (χ4v) is 3.25. The van der Waals surface area contributed by atoms with Gasteiger partial charge in [0.15, 0.2) is 9.84 Å². The number of alkyl halides is 3. The summed E-state index contributed by atoms with van der Waals surface area (Å²) in [5, 5.41) is 6.10. The molecule has 8 nitrogen and oxygen atoms in total. The molecule has 1 aliphatic carbocycles. The largest absolute Gasteiger partial charge is 0.573 e. The molecule has 1 saturated carbocycles. The monoisotopic (exact) mass is 488 g/mol. The van der Waals surface area contributed by atoms with Gasteiger partial charge in [-0.3, -0.25) is 4.79 Å². The van der Waals surface area contributed by atoms with Crippen molar-refractivity contribution in [1.29, 1.82) is 0 Å². The summed E-state index contributed by atoms with van der Waals surface area (Å²) in [7, 11) is -3.36. The maximum Gasteiger partial charge on any atom is 0.573 e. The summed E-state index contributed by atoms with van der Waals surface area (Å²) in [6, 6.07) is 3.04. The molecule has 0 saturated heterocycles. The van der Waals surface area contributed by atoms with Gasteiger partial charge in [-0.1, -0.05) is 12.1 Å². The molecule has 1 aromatic heterocycles. The third-order valence-corrected chi connectivity index (χ3v) is 5.14. The Hall–Kier alpha value is -3.22. The van der Waals surface area contributed by atoms with Gasteiger partial charge in [-0.05, 0) is 25.0 Å². The van der Waals surface area contributed by atoms with Gasteiger partial charge in [0.25, 0.3) is 5.91 Å². The van der Waals surface area contributed by atoms with Crippen molar-refractivity contribution in [2.75, 3.05) is 18.1 Å². The fraction of sp³-hybridized carbons (Fsp3) is 0.350. The van der Waals surface area contributed by atoms with Gasteiger partial charge in [0.2, 0.25) is 0 Å². The molecule has 1 fully saturated rings. The minimum Gasteiger partial charge on any atom is -0.405 e. The quantitative estimate of drug-likeness (QED) is 0.521. The van der Waals surface area contributed by atoms with Crippen molar-refractivity contribution in [2.45, 2.75) is 31.7 Å². The Kier molecular flexibility index (Phi) is 7.20. The average Bonchev–Trinajstić information content (AvgIpc) is 3.54. The van der Waals surface area contributed by atoms with E-state index in [9.17, 15) is 30.8 Å². The molecule has 2 N–H and O–H groups in total. The first-order valence-electron chi connectivity index (χ1n) is 9.71. The number of ether oxygens (including phenoxy) is 1. The maximum absolute atomic E-state index is 14.3. The topological polar surface area (TPSA) is 110 Å². The molecule has 13 heteroatoms. The van der Waals surface area contributed by atoms with Crippen molar-refractivity contribution in [3.63, 3.8) is 0 Å². The highest BCUT2D eigenvalue weighted by molar-refractivity contribution is 7.93. The van der Waals surface area contributed by atoms with Crippen LogP contribution >= 0.6 is 0 Å². The highest BCUT2D eigenvalue weighted by Crippen LogP contribution is 2.38. The fourth-order valence-electron chi connectivity index (χ4n) is 2.81. The number of benzene rings is 1. The number of sulfone groups is 1. The molecule has 33 heavy (non-hydrogen) atoms. The van der Waals surface area contributed by atoms with Crippen LogP contribution < -0.4 is 15.4 Å². The van der Waals surface area contributed by atoms with Gasteiger partial charge in [0.1, 0.15) is 28.8 Å². The number of hydrogen-bond acceptors (Lipinski definition) is 7.